The third kappa shape index (κ3) is 15.3. The molecule has 1 aliphatic rings. The monoisotopic (exact) mass is 928 g/mol. The summed E-state index contributed by atoms with van der Waals surface area (Å²) in [7, 11) is 4.21. The van der Waals surface area contributed by atoms with Gasteiger partial charge in [-0.15, -0.1) is 0 Å². The number of sulfonamides is 1. The van der Waals surface area contributed by atoms with Gasteiger partial charge in [-0.25, -0.2) is 8.42 Å². The van der Waals surface area contributed by atoms with Crippen molar-refractivity contribution in [2.45, 2.75) is 135 Å². The summed E-state index contributed by atoms with van der Waals surface area (Å²) >= 11 is 0. The number of nitrogens with one attached hydrogen (secondary N) is 3. The van der Waals surface area contributed by atoms with Gasteiger partial charge in [0.15, 0.2) is 0 Å². The van der Waals surface area contributed by atoms with Crippen LogP contribution < -0.4 is 21.1 Å². The second-order valence-corrected chi connectivity index (χ2v) is 20.2. The van der Waals surface area contributed by atoms with E-state index < -0.39 is 75.9 Å². The van der Waals surface area contributed by atoms with Crippen molar-refractivity contribution >= 4 is 39.6 Å². The molecule has 16 nitrogen and oxygen atoms in total. The maximum absolute atomic E-state index is 14.4. The lowest BCUT2D eigenvalue weighted by atomic mass is 9.89. The largest absolute Gasteiger partial charge is 0.379 e. The van der Waals surface area contributed by atoms with Crippen LogP contribution in [0.2, 0.25) is 0 Å². The number of amides is 5. The second-order valence-electron chi connectivity index (χ2n) is 18.5. The highest BCUT2D eigenvalue weighted by Gasteiger charge is 2.43. The molecule has 1 fully saturated rings. The summed E-state index contributed by atoms with van der Waals surface area (Å²) in [5, 5.41) is 5.82. The molecule has 0 spiro atoms. The van der Waals surface area contributed by atoms with Gasteiger partial charge in [0, 0.05) is 40.8 Å². The first-order valence-electron chi connectivity index (χ1n) is 22.9. The van der Waals surface area contributed by atoms with Crippen molar-refractivity contribution in [2.75, 3.05) is 41.9 Å². The number of likely N-dealkylation sites (N-methyl/N-ethyl adjacent to an activating group) is 2. The van der Waals surface area contributed by atoms with Gasteiger partial charge in [0.1, 0.15) is 12.1 Å². The molecule has 0 saturated carbocycles. The van der Waals surface area contributed by atoms with Crippen LogP contribution in [0.5, 0.6) is 0 Å². The highest BCUT2D eigenvalue weighted by Crippen LogP contribution is 2.30. The minimum absolute atomic E-state index is 0.0121. The molecule has 1 saturated heterocycles. The summed E-state index contributed by atoms with van der Waals surface area (Å²) in [6.45, 7) is 14.1. The lowest BCUT2D eigenvalue weighted by Crippen LogP contribution is -2.59. The molecule has 17 heteroatoms. The van der Waals surface area contributed by atoms with Crippen molar-refractivity contribution in [1.29, 1.82) is 0 Å². The van der Waals surface area contributed by atoms with E-state index in [0.29, 0.717) is 43.5 Å². The second kappa shape index (κ2) is 25.5. The number of methoxy groups -OCH3 is 2. The van der Waals surface area contributed by atoms with Crippen LogP contribution in [0.25, 0.3) is 0 Å². The molecule has 1 aliphatic heterocycles. The maximum Gasteiger partial charge on any atom is 0.256 e. The van der Waals surface area contributed by atoms with Crippen LogP contribution in [-0.4, -0.2) is 137 Å². The number of likely N-dealkylation sites (tertiary alicyclic amines) is 1. The summed E-state index contributed by atoms with van der Waals surface area (Å²) in [5.74, 6) is -3.80. The molecule has 3 rings (SSSR count). The third-order valence-corrected chi connectivity index (χ3v) is 14.0. The first-order valence-corrected chi connectivity index (χ1v) is 24.5. The Balaban J connectivity index is 1.82. The Morgan fingerprint density at radius 3 is 1.95 bits per heavy atom. The highest BCUT2D eigenvalue weighted by molar-refractivity contribution is 7.89. The quantitative estimate of drug-likeness (QED) is 0.113. The molecule has 65 heavy (non-hydrogen) atoms. The van der Waals surface area contributed by atoms with Gasteiger partial charge in [-0.3, -0.25) is 33.6 Å². The minimum atomic E-state index is -4.16. The summed E-state index contributed by atoms with van der Waals surface area (Å²) < 4.78 is 40.6. The Bertz CT molecular complexity index is 1960. The average molecular weight is 928 g/mol. The molecule has 0 aliphatic carbocycles. The molecule has 9 atom stereocenters. The molecular weight excluding hydrogens is 851 g/mol. The van der Waals surface area contributed by atoms with Crippen LogP contribution in [0.1, 0.15) is 90.8 Å². The van der Waals surface area contributed by atoms with Crippen molar-refractivity contribution in [3.8, 4) is 0 Å². The average Bonchev–Trinajstić information content (AvgIpc) is 3.74. The van der Waals surface area contributed by atoms with Gasteiger partial charge in [0.25, 0.3) is 5.91 Å². The smallest absolute Gasteiger partial charge is 0.256 e. The standard InChI is InChI=1S/C48H77N7O9S/c1-13-32(6)43(54(10)48(60)41(30(2)3)51-47(59)42(31(4)5)53(8)9)39(63-11)27-40(56)55-25-17-20-38(55)44(64-12)33(7)45(57)50-37(26-34-18-15-14-16-19-34)46(58)52-65(61,62)29-36-23-21-35(28-49)22-24-36/h14-16,18-19,21-24,30-33,37-39,41-44H,13,17,20,25-29,49H2,1-12H3,(H,50,57)(H,51,59)(H,52,58)/t32-,33+,37?,38-,39+,41-,42-,43-,44+/m0/s1. The first-order chi connectivity index (χ1) is 30.6. The van der Waals surface area contributed by atoms with Crippen molar-refractivity contribution in [3.05, 3.63) is 71.3 Å². The number of hydrogen-bond acceptors (Lipinski definition) is 11. The highest BCUT2D eigenvalue weighted by atomic mass is 32.2. The molecule has 5 N–H and O–H groups in total. The van der Waals surface area contributed by atoms with Gasteiger partial charge in [0.2, 0.25) is 33.7 Å². The lowest BCUT2D eigenvalue weighted by Gasteiger charge is -2.41. The predicted molar refractivity (Wildman–Crippen MR) is 252 cm³/mol. The predicted octanol–water partition coefficient (Wildman–Crippen LogP) is 3.47. The Morgan fingerprint density at radius 2 is 1.43 bits per heavy atom. The van der Waals surface area contributed by atoms with Crippen LogP contribution in [0.3, 0.4) is 0 Å². The summed E-state index contributed by atoms with van der Waals surface area (Å²) in [6, 6.07) is 12.1. The van der Waals surface area contributed by atoms with Gasteiger partial charge in [-0.1, -0.05) is 109 Å². The fourth-order valence-corrected chi connectivity index (χ4v) is 10.2. The molecule has 2 aromatic carbocycles. The van der Waals surface area contributed by atoms with Crippen LogP contribution in [0.15, 0.2) is 54.6 Å². The topological polar surface area (TPSA) is 210 Å². The van der Waals surface area contributed by atoms with Crippen LogP contribution in [0, 0.1) is 23.7 Å². The summed E-state index contributed by atoms with van der Waals surface area (Å²) in [4.78, 5) is 75.3. The van der Waals surface area contributed by atoms with E-state index in [1.54, 1.807) is 72.3 Å². The molecular formula is C48H77N7O9S. The fraction of sp³-hybridized carbons (Fsp3) is 0.646. The normalized spacial score (nSPS) is 18.0. The molecule has 5 amide bonds. The van der Waals surface area contributed by atoms with Gasteiger partial charge < -0.3 is 35.6 Å². The van der Waals surface area contributed by atoms with Gasteiger partial charge >= 0.3 is 0 Å². The van der Waals surface area contributed by atoms with Crippen LogP contribution in [-0.2, 0) is 62.2 Å². The van der Waals surface area contributed by atoms with Gasteiger partial charge in [-0.05, 0) is 61.4 Å². The lowest BCUT2D eigenvalue weighted by molar-refractivity contribution is -0.148. The number of carbonyl (C=O) groups excluding carboxylic acids is 5. The first kappa shape index (κ1) is 54.9. The summed E-state index contributed by atoms with van der Waals surface area (Å²) in [6.07, 6.45) is 0.354. The van der Waals surface area contributed by atoms with Crippen molar-refractivity contribution < 1.29 is 41.9 Å². The van der Waals surface area contributed by atoms with E-state index in [0.717, 1.165) is 5.56 Å². The van der Waals surface area contributed by atoms with E-state index in [4.69, 9.17) is 15.2 Å². The van der Waals surface area contributed by atoms with E-state index in [1.165, 1.54) is 14.2 Å². The fourth-order valence-electron chi connectivity index (χ4n) is 9.02. The molecule has 0 bridgehead atoms. The molecule has 2 aromatic rings. The molecule has 1 heterocycles. The van der Waals surface area contributed by atoms with E-state index in [9.17, 15) is 32.4 Å². The number of carbonyl (C=O) groups is 5. The number of hydrogen-bond donors (Lipinski definition) is 4. The number of nitrogens with zero attached hydrogens (tertiary/aromatic N) is 3. The SMILES string of the molecule is CC[C@H](C)[C@@H]([C@@H](CC(=O)N1CCC[C@H]1[C@H](OC)[C@@H](C)C(=O)NC(Cc1ccccc1)C(=O)NS(=O)(=O)Cc1ccc(CN)cc1)OC)N(C)C(=O)[C@@H](NC(=O)[C@H](C(C)C)N(C)C)C(C)C. The van der Waals surface area contributed by atoms with Gasteiger partial charge in [0.05, 0.1) is 48.4 Å². The van der Waals surface area contributed by atoms with E-state index in [2.05, 4.69) is 15.4 Å². The molecule has 0 radical (unpaired) electrons. The number of ether oxygens (including phenoxy) is 2. The molecule has 0 aromatic heterocycles. The van der Waals surface area contributed by atoms with Crippen LogP contribution in [0.4, 0.5) is 0 Å². The Hall–Kier alpha value is -4.42. The Labute approximate surface area is 388 Å². The van der Waals surface area contributed by atoms with Gasteiger partial charge in [-0.2, -0.15) is 0 Å². The number of nitrogens with two attached hydrogens (primary N) is 1. The molecule has 364 valence electrons. The Morgan fingerprint density at radius 1 is 0.815 bits per heavy atom. The summed E-state index contributed by atoms with van der Waals surface area (Å²) in [5.41, 5.74) is 7.68. The van der Waals surface area contributed by atoms with E-state index in [1.807, 2.05) is 66.6 Å². The number of benzene rings is 2. The van der Waals surface area contributed by atoms with Crippen LogP contribution >= 0.6 is 0 Å². The van der Waals surface area contributed by atoms with Crippen molar-refractivity contribution in [2.24, 2.45) is 29.4 Å². The third-order valence-electron chi connectivity index (χ3n) is 12.7. The zero-order valence-corrected chi connectivity index (χ0v) is 41.5. The van der Waals surface area contributed by atoms with Crippen molar-refractivity contribution in [1.82, 2.24) is 30.1 Å². The number of rotatable bonds is 25. The molecule has 1 unspecified atom stereocenters. The zero-order valence-electron chi connectivity index (χ0n) is 40.7. The van der Waals surface area contributed by atoms with E-state index in [-0.39, 0.29) is 48.3 Å². The van der Waals surface area contributed by atoms with Crippen molar-refractivity contribution in [3.63, 3.8) is 0 Å². The van der Waals surface area contributed by atoms with E-state index >= 15 is 0 Å². The minimum Gasteiger partial charge on any atom is -0.379 e. The zero-order chi connectivity index (χ0) is 48.8. The maximum atomic E-state index is 14.4. The Kier molecular flexibility index (Phi) is 21.5.